The lowest BCUT2D eigenvalue weighted by Crippen LogP contribution is -2.47. The van der Waals surface area contributed by atoms with Gasteiger partial charge in [-0.15, -0.1) is 24.0 Å². The molecular weight excluding hydrogens is 462 g/mol. The number of carbonyl (C=O) groups is 1. The number of methoxy groups -OCH3 is 1. The minimum absolute atomic E-state index is 0. The smallest absolute Gasteiger partial charge is 0.246 e. The van der Waals surface area contributed by atoms with Crippen LogP contribution in [0.4, 0.5) is 10.1 Å². The molecule has 0 heterocycles. The van der Waals surface area contributed by atoms with Gasteiger partial charge in [-0.3, -0.25) is 4.79 Å². The van der Waals surface area contributed by atoms with Crippen LogP contribution in [0.1, 0.15) is 32.6 Å². The molecule has 0 unspecified atom stereocenters. The predicted octanol–water partition coefficient (Wildman–Crippen LogP) is 3.14. The topological polar surface area (TPSA) is 74.8 Å². The Hall–Kier alpha value is -1.42. The summed E-state index contributed by atoms with van der Waals surface area (Å²) in [6.45, 7) is 4.23. The van der Waals surface area contributed by atoms with Gasteiger partial charge in [0.2, 0.25) is 5.91 Å². The highest BCUT2D eigenvalue weighted by Crippen LogP contribution is 2.43. The minimum Gasteiger partial charge on any atom is -0.385 e. The second-order valence-corrected chi connectivity index (χ2v) is 6.70. The highest BCUT2D eigenvalue weighted by Gasteiger charge is 2.36. The molecule has 0 radical (unpaired) electrons. The predicted molar refractivity (Wildman–Crippen MR) is 117 cm³/mol. The maximum Gasteiger partial charge on any atom is 0.246 e. The molecule has 0 spiro atoms. The summed E-state index contributed by atoms with van der Waals surface area (Å²) >= 11 is 0. The van der Waals surface area contributed by atoms with E-state index >= 15 is 0 Å². The van der Waals surface area contributed by atoms with Gasteiger partial charge in [0.1, 0.15) is 12.4 Å². The number of amides is 1. The number of benzene rings is 1. The standard InChI is InChI=1S/C19H29FN4O2.HI/c1-3-21-18(23-14-19(8-5-9-19)10-11-26-2)22-13-17(25)24-16-7-4-6-15(20)12-16;/h4,6-7,12H,3,5,8-11,13-14H2,1-2H3,(H,24,25)(H2,21,22,23);1H. The van der Waals surface area contributed by atoms with Crippen LogP contribution < -0.4 is 16.0 Å². The summed E-state index contributed by atoms with van der Waals surface area (Å²) in [6.07, 6.45) is 4.64. The summed E-state index contributed by atoms with van der Waals surface area (Å²) in [5.41, 5.74) is 0.687. The first kappa shape index (κ1) is 23.6. The Bertz CT molecular complexity index is 623. The van der Waals surface area contributed by atoms with Crippen LogP contribution in [-0.4, -0.2) is 45.2 Å². The van der Waals surface area contributed by atoms with Crippen LogP contribution in [0.15, 0.2) is 29.3 Å². The molecule has 1 fully saturated rings. The third kappa shape index (κ3) is 8.00. The van der Waals surface area contributed by atoms with E-state index in [1.165, 1.54) is 31.4 Å². The molecule has 6 nitrogen and oxygen atoms in total. The van der Waals surface area contributed by atoms with Gasteiger partial charge < -0.3 is 20.7 Å². The Kier molecular flexibility index (Phi) is 10.6. The van der Waals surface area contributed by atoms with E-state index in [1.807, 2.05) is 6.92 Å². The van der Waals surface area contributed by atoms with Crippen molar-refractivity contribution < 1.29 is 13.9 Å². The van der Waals surface area contributed by atoms with Gasteiger partial charge in [-0.2, -0.15) is 0 Å². The maximum atomic E-state index is 13.2. The summed E-state index contributed by atoms with van der Waals surface area (Å²) in [5, 5.41) is 9.14. The van der Waals surface area contributed by atoms with Gasteiger partial charge in [-0.25, -0.2) is 9.38 Å². The first-order valence-electron chi connectivity index (χ1n) is 9.13. The number of hydrogen-bond donors (Lipinski definition) is 3. The number of carbonyl (C=O) groups excluding carboxylic acids is 1. The number of nitrogens with zero attached hydrogens (tertiary/aromatic N) is 1. The lowest BCUT2D eigenvalue weighted by Gasteiger charge is -2.42. The van der Waals surface area contributed by atoms with Crippen LogP contribution in [0.3, 0.4) is 0 Å². The zero-order valence-corrected chi connectivity index (χ0v) is 18.3. The molecule has 0 atom stereocenters. The molecule has 1 aromatic carbocycles. The molecule has 0 bridgehead atoms. The summed E-state index contributed by atoms with van der Waals surface area (Å²) < 4.78 is 18.4. The number of ether oxygens (including phenoxy) is 1. The number of hydrogen-bond acceptors (Lipinski definition) is 3. The van der Waals surface area contributed by atoms with Crippen LogP contribution >= 0.6 is 24.0 Å². The molecule has 152 valence electrons. The number of guanidine groups is 1. The number of aliphatic imine (C=N–C) groups is 1. The van der Waals surface area contributed by atoms with Crippen LogP contribution in [0, 0.1) is 11.2 Å². The fourth-order valence-electron chi connectivity index (χ4n) is 3.04. The highest BCUT2D eigenvalue weighted by atomic mass is 127. The van der Waals surface area contributed by atoms with Crippen LogP contribution in [0.5, 0.6) is 0 Å². The first-order chi connectivity index (χ1) is 12.6. The van der Waals surface area contributed by atoms with E-state index in [9.17, 15) is 9.18 Å². The van der Waals surface area contributed by atoms with Gasteiger partial charge in [0, 0.05) is 32.5 Å². The van der Waals surface area contributed by atoms with Crippen molar-refractivity contribution in [3.05, 3.63) is 30.1 Å². The molecule has 27 heavy (non-hydrogen) atoms. The van der Waals surface area contributed by atoms with Gasteiger partial charge in [-0.1, -0.05) is 12.5 Å². The lowest BCUT2D eigenvalue weighted by atomic mass is 9.67. The average molecular weight is 492 g/mol. The van der Waals surface area contributed by atoms with Gasteiger partial charge in [0.05, 0.1) is 0 Å². The maximum absolute atomic E-state index is 13.2. The molecule has 0 aliphatic heterocycles. The molecule has 1 saturated carbocycles. The van der Waals surface area contributed by atoms with E-state index in [1.54, 1.807) is 19.2 Å². The van der Waals surface area contributed by atoms with Crippen molar-refractivity contribution in [1.29, 1.82) is 0 Å². The third-order valence-electron chi connectivity index (χ3n) is 4.71. The minimum atomic E-state index is -0.386. The Morgan fingerprint density at radius 2 is 2.11 bits per heavy atom. The van der Waals surface area contributed by atoms with E-state index in [0.717, 1.165) is 19.6 Å². The number of halogens is 2. The quantitative estimate of drug-likeness (QED) is 0.282. The summed E-state index contributed by atoms with van der Waals surface area (Å²) in [7, 11) is 1.72. The number of anilines is 1. The molecule has 8 heteroatoms. The molecule has 3 N–H and O–H groups in total. The Morgan fingerprint density at radius 1 is 1.33 bits per heavy atom. The lowest BCUT2D eigenvalue weighted by molar-refractivity contribution is -0.114. The fourth-order valence-corrected chi connectivity index (χ4v) is 3.04. The largest absolute Gasteiger partial charge is 0.385 e. The monoisotopic (exact) mass is 492 g/mol. The van der Waals surface area contributed by atoms with Gasteiger partial charge in [0.15, 0.2) is 5.96 Å². The Labute approximate surface area is 177 Å². The van der Waals surface area contributed by atoms with Crippen molar-refractivity contribution in [2.75, 3.05) is 38.7 Å². The molecular formula is C19H30FIN4O2. The van der Waals surface area contributed by atoms with Gasteiger partial charge in [0.25, 0.3) is 0 Å². The van der Waals surface area contributed by atoms with Crippen molar-refractivity contribution in [1.82, 2.24) is 10.6 Å². The van der Waals surface area contributed by atoms with Crippen molar-refractivity contribution in [2.45, 2.75) is 32.6 Å². The third-order valence-corrected chi connectivity index (χ3v) is 4.71. The molecule has 1 aliphatic carbocycles. The Morgan fingerprint density at radius 3 is 2.70 bits per heavy atom. The Balaban J connectivity index is 0.00000364. The van der Waals surface area contributed by atoms with Gasteiger partial charge in [-0.05, 0) is 49.8 Å². The van der Waals surface area contributed by atoms with E-state index < -0.39 is 0 Å². The van der Waals surface area contributed by atoms with Crippen molar-refractivity contribution in [3.8, 4) is 0 Å². The molecule has 0 aromatic heterocycles. The van der Waals surface area contributed by atoms with E-state index in [0.29, 0.717) is 18.2 Å². The fraction of sp³-hybridized carbons (Fsp3) is 0.579. The zero-order valence-electron chi connectivity index (χ0n) is 16.0. The summed E-state index contributed by atoms with van der Waals surface area (Å²) in [6, 6.07) is 5.81. The number of rotatable bonds is 9. The van der Waals surface area contributed by atoms with Crippen molar-refractivity contribution in [2.24, 2.45) is 10.4 Å². The molecule has 1 amide bonds. The summed E-state index contributed by atoms with van der Waals surface area (Å²) in [5.74, 6) is -0.0562. The molecule has 0 saturated heterocycles. The normalized spacial score (nSPS) is 15.3. The van der Waals surface area contributed by atoms with Crippen LogP contribution in [-0.2, 0) is 9.53 Å². The number of nitrogens with one attached hydrogen (secondary N) is 3. The average Bonchev–Trinajstić information content (AvgIpc) is 2.58. The van der Waals surface area contributed by atoms with Crippen LogP contribution in [0.2, 0.25) is 0 Å². The molecule has 2 rings (SSSR count). The zero-order chi connectivity index (χ0) is 18.8. The highest BCUT2D eigenvalue weighted by molar-refractivity contribution is 14.0. The molecule has 1 aliphatic rings. The van der Waals surface area contributed by atoms with Gasteiger partial charge >= 0.3 is 0 Å². The van der Waals surface area contributed by atoms with Crippen molar-refractivity contribution in [3.63, 3.8) is 0 Å². The molecule has 1 aromatic rings. The summed E-state index contributed by atoms with van der Waals surface area (Å²) in [4.78, 5) is 16.4. The van der Waals surface area contributed by atoms with Crippen molar-refractivity contribution >= 4 is 41.5 Å². The van der Waals surface area contributed by atoms with E-state index in [2.05, 4.69) is 20.9 Å². The SMILES string of the molecule is CCNC(=NCC(=O)Nc1cccc(F)c1)NCC1(CCOC)CCC1.I. The second-order valence-electron chi connectivity index (χ2n) is 6.70. The van der Waals surface area contributed by atoms with E-state index in [-0.39, 0.29) is 47.7 Å². The first-order valence-corrected chi connectivity index (χ1v) is 9.13. The van der Waals surface area contributed by atoms with E-state index in [4.69, 9.17) is 4.74 Å². The second kappa shape index (κ2) is 12.1. The van der Waals surface area contributed by atoms with Crippen LogP contribution in [0.25, 0.3) is 0 Å².